The lowest BCUT2D eigenvalue weighted by Crippen LogP contribution is -2.47. The van der Waals surface area contributed by atoms with Crippen LogP contribution in [0.4, 0.5) is 4.79 Å². The van der Waals surface area contributed by atoms with Crippen LogP contribution in [0.3, 0.4) is 0 Å². The van der Waals surface area contributed by atoms with Gasteiger partial charge in [0.05, 0.1) is 29.5 Å². The first-order chi connectivity index (χ1) is 14.4. The van der Waals surface area contributed by atoms with Gasteiger partial charge in [0, 0.05) is 0 Å². The van der Waals surface area contributed by atoms with E-state index in [0.717, 1.165) is 11.1 Å². The molecule has 0 unspecified atom stereocenters. The molecule has 0 fully saturated rings. The highest BCUT2D eigenvalue weighted by Gasteiger charge is 2.34. The van der Waals surface area contributed by atoms with Gasteiger partial charge in [-0.05, 0) is 43.5 Å². The zero-order chi connectivity index (χ0) is 21.7. The molecule has 0 aliphatic carbocycles. The lowest BCUT2D eigenvalue weighted by molar-refractivity contribution is -0.139. The number of esters is 2. The number of benzene rings is 2. The highest BCUT2D eigenvalue weighted by molar-refractivity contribution is 5.95. The number of urea groups is 1. The minimum atomic E-state index is -0.714. The summed E-state index contributed by atoms with van der Waals surface area (Å²) < 4.78 is 10.6. The summed E-state index contributed by atoms with van der Waals surface area (Å²) >= 11 is 0. The molecule has 0 aromatic heterocycles. The summed E-state index contributed by atoms with van der Waals surface area (Å²) in [5.41, 5.74) is 3.34. The van der Waals surface area contributed by atoms with Crippen LogP contribution in [-0.2, 0) is 14.3 Å². The standard InChI is InChI=1S/C23H24N2O5/c1-4-29-22(27)19-18(13-30-21(26)17-12-8-9-14(2)15(17)3)24-23(28)25-20(19)16-10-6-5-7-11-16/h5-12,20H,4,13H2,1-3H3,(H2,24,25,28)/t20-/m0/s1. The van der Waals surface area contributed by atoms with E-state index >= 15 is 0 Å². The van der Waals surface area contributed by atoms with Crippen molar-refractivity contribution >= 4 is 18.0 Å². The van der Waals surface area contributed by atoms with Crippen molar-refractivity contribution in [3.8, 4) is 0 Å². The summed E-state index contributed by atoms with van der Waals surface area (Å²) in [4.78, 5) is 37.6. The average molecular weight is 408 g/mol. The molecule has 2 aromatic rings. The molecule has 7 nitrogen and oxygen atoms in total. The SMILES string of the molecule is CCOC(=O)C1=C(COC(=O)c2cccc(C)c2C)NC(=O)N[C@H]1c1ccccc1. The Kier molecular flexibility index (Phi) is 6.51. The predicted octanol–water partition coefficient (Wildman–Crippen LogP) is 3.33. The van der Waals surface area contributed by atoms with Crippen LogP contribution in [0, 0.1) is 13.8 Å². The van der Waals surface area contributed by atoms with Crippen molar-refractivity contribution in [1.29, 1.82) is 0 Å². The topological polar surface area (TPSA) is 93.7 Å². The van der Waals surface area contributed by atoms with Crippen LogP contribution in [0.15, 0.2) is 59.8 Å². The van der Waals surface area contributed by atoms with Gasteiger partial charge in [-0.25, -0.2) is 14.4 Å². The summed E-state index contributed by atoms with van der Waals surface area (Å²) in [6.45, 7) is 5.35. The molecule has 0 saturated carbocycles. The lowest BCUT2D eigenvalue weighted by Gasteiger charge is -2.29. The number of hydrogen-bond acceptors (Lipinski definition) is 5. The highest BCUT2D eigenvalue weighted by atomic mass is 16.5. The predicted molar refractivity (Wildman–Crippen MR) is 111 cm³/mol. The van der Waals surface area contributed by atoms with Crippen molar-refractivity contribution in [2.24, 2.45) is 0 Å². The summed E-state index contributed by atoms with van der Waals surface area (Å²) in [6.07, 6.45) is 0. The summed E-state index contributed by atoms with van der Waals surface area (Å²) in [5.74, 6) is -1.12. The monoisotopic (exact) mass is 408 g/mol. The van der Waals surface area contributed by atoms with E-state index in [1.54, 1.807) is 31.2 Å². The van der Waals surface area contributed by atoms with Crippen LogP contribution in [0.1, 0.15) is 40.0 Å². The van der Waals surface area contributed by atoms with Gasteiger partial charge in [-0.3, -0.25) is 0 Å². The minimum Gasteiger partial charge on any atom is -0.463 e. The molecule has 2 amide bonds. The molecular formula is C23H24N2O5. The molecule has 3 rings (SSSR count). The minimum absolute atomic E-state index is 0.174. The number of hydrogen-bond donors (Lipinski definition) is 2. The molecule has 1 aliphatic heterocycles. The van der Waals surface area contributed by atoms with Gasteiger partial charge in [0.25, 0.3) is 0 Å². The normalized spacial score (nSPS) is 15.8. The molecule has 1 aliphatic rings. The Hall–Kier alpha value is -3.61. The number of nitrogens with one attached hydrogen (secondary N) is 2. The molecule has 0 radical (unpaired) electrons. The molecule has 30 heavy (non-hydrogen) atoms. The molecule has 0 saturated heterocycles. The number of amides is 2. The number of aryl methyl sites for hydroxylation is 1. The third-order valence-electron chi connectivity index (χ3n) is 4.95. The molecule has 156 valence electrons. The van der Waals surface area contributed by atoms with E-state index in [2.05, 4.69) is 10.6 Å². The van der Waals surface area contributed by atoms with E-state index in [9.17, 15) is 14.4 Å². The zero-order valence-electron chi connectivity index (χ0n) is 17.2. The molecule has 2 aromatic carbocycles. The number of carbonyl (C=O) groups is 3. The largest absolute Gasteiger partial charge is 0.463 e. The summed E-state index contributed by atoms with van der Waals surface area (Å²) in [6, 6.07) is 13.2. The van der Waals surface area contributed by atoms with Crippen molar-refractivity contribution < 1.29 is 23.9 Å². The maximum atomic E-state index is 12.7. The third-order valence-corrected chi connectivity index (χ3v) is 4.95. The zero-order valence-corrected chi connectivity index (χ0v) is 17.2. The van der Waals surface area contributed by atoms with Gasteiger partial charge in [-0.2, -0.15) is 0 Å². The Morgan fingerprint density at radius 3 is 2.40 bits per heavy atom. The van der Waals surface area contributed by atoms with Gasteiger partial charge in [0.15, 0.2) is 0 Å². The Morgan fingerprint density at radius 1 is 0.967 bits per heavy atom. The molecule has 2 N–H and O–H groups in total. The van der Waals surface area contributed by atoms with Gasteiger partial charge < -0.3 is 20.1 Å². The Labute approximate surface area is 175 Å². The number of rotatable bonds is 6. The van der Waals surface area contributed by atoms with Crippen LogP contribution in [0.5, 0.6) is 0 Å². The van der Waals surface area contributed by atoms with E-state index in [1.165, 1.54) is 0 Å². The lowest BCUT2D eigenvalue weighted by atomic mass is 9.95. The van der Waals surface area contributed by atoms with Crippen LogP contribution in [-0.4, -0.2) is 31.2 Å². The molecule has 7 heteroatoms. The van der Waals surface area contributed by atoms with E-state index in [0.29, 0.717) is 11.1 Å². The van der Waals surface area contributed by atoms with Crippen molar-refractivity contribution in [2.75, 3.05) is 13.2 Å². The van der Waals surface area contributed by atoms with Crippen LogP contribution in [0.2, 0.25) is 0 Å². The third kappa shape index (κ3) is 4.51. The molecule has 0 bridgehead atoms. The van der Waals surface area contributed by atoms with Gasteiger partial charge in [-0.15, -0.1) is 0 Å². The van der Waals surface area contributed by atoms with E-state index in [-0.39, 0.29) is 24.5 Å². The van der Waals surface area contributed by atoms with Crippen LogP contribution >= 0.6 is 0 Å². The highest BCUT2D eigenvalue weighted by Crippen LogP contribution is 2.28. The second-order valence-corrected chi connectivity index (χ2v) is 6.88. The van der Waals surface area contributed by atoms with Gasteiger partial charge in [0.2, 0.25) is 0 Å². The Morgan fingerprint density at radius 2 is 1.70 bits per heavy atom. The Balaban J connectivity index is 1.93. The fraction of sp³-hybridized carbons (Fsp3) is 0.261. The molecule has 0 spiro atoms. The van der Waals surface area contributed by atoms with Crippen LogP contribution in [0.25, 0.3) is 0 Å². The number of carbonyl (C=O) groups excluding carboxylic acids is 3. The molecule has 1 atom stereocenters. The first-order valence-corrected chi connectivity index (χ1v) is 9.68. The van der Waals surface area contributed by atoms with E-state index < -0.39 is 24.0 Å². The first kappa shape index (κ1) is 21.1. The summed E-state index contributed by atoms with van der Waals surface area (Å²) in [5, 5.41) is 5.33. The Bertz CT molecular complexity index is 998. The maximum Gasteiger partial charge on any atom is 0.338 e. The maximum absolute atomic E-state index is 12.7. The van der Waals surface area contributed by atoms with Gasteiger partial charge >= 0.3 is 18.0 Å². The summed E-state index contributed by atoms with van der Waals surface area (Å²) in [7, 11) is 0. The average Bonchev–Trinajstić information content (AvgIpc) is 2.74. The molecular weight excluding hydrogens is 384 g/mol. The van der Waals surface area contributed by atoms with Crippen molar-refractivity contribution in [3.05, 3.63) is 82.1 Å². The van der Waals surface area contributed by atoms with Crippen LogP contribution < -0.4 is 10.6 Å². The van der Waals surface area contributed by atoms with E-state index in [4.69, 9.17) is 9.47 Å². The second-order valence-electron chi connectivity index (χ2n) is 6.88. The second kappa shape index (κ2) is 9.26. The van der Waals surface area contributed by atoms with Gasteiger partial charge in [-0.1, -0.05) is 42.5 Å². The van der Waals surface area contributed by atoms with Crippen molar-refractivity contribution in [2.45, 2.75) is 26.8 Å². The fourth-order valence-corrected chi connectivity index (χ4v) is 3.26. The van der Waals surface area contributed by atoms with E-state index in [1.807, 2.05) is 38.1 Å². The molecule has 1 heterocycles. The van der Waals surface area contributed by atoms with Gasteiger partial charge in [0.1, 0.15) is 6.61 Å². The van der Waals surface area contributed by atoms with Crippen molar-refractivity contribution in [3.63, 3.8) is 0 Å². The quantitative estimate of drug-likeness (QED) is 0.715. The fourth-order valence-electron chi connectivity index (χ4n) is 3.26. The number of ether oxygens (including phenoxy) is 2. The smallest absolute Gasteiger partial charge is 0.338 e. The first-order valence-electron chi connectivity index (χ1n) is 9.68. The van der Waals surface area contributed by atoms with Crippen molar-refractivity contribution in [1.82, 2.24) is 10.6 Å².